The van der Waals surface area contributed by atoms with Crippen molar-refractivity contribution in [2.75, 3.05) is 13.2 Å². The van der Waals surface area contributed by atoms with Crippen molar-refractivity contribution in [2.45, 2.75) is 70.7 Å². The monoisotopic (exact) mass is 659 g/mol. The van der Waals surface area contributed by atoms with Crippen molar-refractivity contribution in [3.63, 3.8) is 0 Å². The molecule has 2 heterocycles. The Kier molecular flexibility index (Phi) is 11.1. The van der Waals surface area contributed by atoms with E-state index < -0.39 is 23.8 Å². The zero-order chi connectivity index (χ0) is 32.5. The average Bonchev–Trinajstić information content (AvgIpc) is 3.79. The highest BCUT2D eigenvalue weighted by atomic mass is 32.1. The maximum atomic E-state index is 13.9. The van der Waals surface area contributed by atoms with Crippen molar-refractivity contribution in [1.82, 2.24) is 15.5 Å². The van der Waals surface area contributed by atoms with Crippen LogP contribution in [0.1, 0.15) is 66.8 Å². The highest BCUT2D eigenvalue weighted by Gasteiger charge is 2.30. The summed E-state index contributed by atoms with van der Waals surface area (Å²) >= 11 is 3.18. The summed E-state index contributed by atoms with van der Waals surface area (Å²) in [4.78, 5) is 43.2. The Balaban J connectivity index is 1.14. The lowest BCUT2D eigenvalue weighted by Crippen LogP contribution is -2.49. The van der Waals surface area contributed by atoms with Gasteiger partial charge in [-0.25, -0.2) is 9.59 Å². The fraction of sp³-hybridized carbons (Fsp3) is 0.361. The number of hydrogen-bond acceptors (Lipinski definition) is 7. The van der Waals surface area contributed by atoms with Gasteiger partial charge in [0.15, 0.2) is 0 Å². The predicted molar refractivity (Wildman–Crippen MR) is 183 cm³/mol. The van der Waals surface area contributed by atoms with Gasteiger partial charge in [-0.3, -0.25) is 4.79 Å². The molecule has 8 nitrogen and oxygen atoms in total. The van der Waals surface area contributed by atoms with E-state index in [1.807, 2.05) is 59.3 Å². The second kappa shape index (κ2) is 15.4. The number of unbranched alkanes of at least 4 members (excludes halogenated alkanes) is 1. The van der Waals surface area contributed by atoms with Crippen LogP contribution in [0.4, 0.5) is 9.59 Å². The quantitative estimate of drug-likeness (QED) is 0.142. The molecule has 0 saturated carbocycles. The van der Waals surface area contributed by atoms with Crippen molar-refractivity contribution >= 4 is 40.8 Å². The van der Waals surface area contributed by atoms with E-state index in [4.69, 9.17) is 9.47 Å². The molecule has 0 aliphatic heterocycles. The molecule has 0 radical (unpaired) electrons. The van der Waals surface area contributed by atoms with Crippen molar-refractivity contribution < 1.29 is 23.9 Å². The van der Waals surface area contributed by atoms with Gasteiger partial charge in [-0.2, -0.15) is 0 Å². The Hall–Kier alpha value is -4.15. The van der Waals surface area contributed by atoms with Gasteiger partial charge in [0.25, 0.3) is 0 Å². The Morgan fingerprint density at radius 1 is 0.804 bits per heavy atom. The maximum Gasteiger partial charge on any atom is 0.408 e. The molecule has 1 aliphatic rings. The Bertz CT molecular complexity index is 1520. The van der Waals surface area contributed by atoms with E-state index in [1.165, 1.54) is 22.3 Å². The van der Waals surface area contributed by atoms with Crippen LogP contribution in [0.5, 0.6) is 0 Å². The number of carbonyl (C=O) groups excluding carboxylic acids is 3. The van der Waals surface area contributed by atoms with Gasteiger partial charge in [-0.15, -0.1) is 22.7 Å². The molecule has 4 aromatic rings. The highest BCUT2D eigenvalue weighted by molar-refractivity contribution is 7.10. The summed E-state index contributed by atoms with van der Waals surface area (Å²) in [5.74, 6) is -0.111. The minimum atomic E-state index is -0.786. The first-order valence-corrected chi connectivity index (χ1v) is 17.4. The molecular formula is C36H41N3O5S2. The Morgan fingerprint density at radius 3 is 1.93 bits per heavy atom. The molecule has 0 saturated heterocycles. The topological polar surface area (TPSA) is 97.0 Å². The van der Waals surface area contributed by atoms with Gasteiger partial charge in [-0.1, -0.05) is 60.7 Å². The smallest absolute Gasteiger partial charge is 0.408 e. The number of rotatable bonds is 13. The molecule has 0 bridgehead atoms. The summed E-state index contributed by atoms with van der Waals surface area (Å²) in [5, 5.41) is 9.73. The Morgan fingerprint density at radius 2 is 1.39 bits per heavy atom. The zero-order valence-electron chi connectivity index (χ0n) is 26.5. The average molecular weight is 660 g/mol. The number of alkyl carbamates (subject to hydrolysis) is 2. The van der Waals surface area contributed by atoms with Crippen LogP contribution in [0, 0.1) is 0 Å². The zero-order valence-corrected chi connectivity index (χ0v) is 28.1. The van der Waals surface area contributed by atoms with Gasteiger partial charge >= 0.3 is 12.2 Å². The van der Waals surface area contributed by atoms with E-state index in [1.54, 1.807) is 48.3 Å². The third-order valence-electron chi connectivity index (χ3n) is 7.69. The standard InChI is InChI=1S/C36H41N3O5S2/c1-36(2,3)44-35(42)38-32(33(40)39(23-25-12-10-20-45-25)24-26-13-11-21-46-26)18-8-9-19-43-34(41)37-22-31-29-16-6-4-14-27(29)28-15-5-7-17-30(28)31/h4-7,10-17,20-21,31-32H,8-9,18-19,22-24H2,1-3H3,(H,37,41)(H,38,42). The number of thiophene rings is 2. The SMILES string of the molecule is CC(C)(C)OC(=O)NC(CCCCOC(=O)NCC1c2ccccc2-c2ccccc21)C(=O)N(Cc1cccs1)Cc1cccs1. The van der Waals surface area contributed by atoms with Gasteiger partial charge in [0.1, 0.15) is 11.6 Å². The van der Waals surface area contributed by atoms with Crippen LogP contribution < -0.4 is 10.6 Å². The number of amides is 3. The number of fused-ring (bicyclic) bond motifs is 3. The third kappa shape index (κ3) is 8.98. The first kappa shape index (κ1) is 33.2. The van der Waals surface area contributed by atoms with Gasteiger partial charge in [0.2, 0.25) is 5.91 Å². The second-order valence-electron chi connectivity index (χ2n) is 12.3. The molecule has 1 atom stereocenters. The number of benzene rings is 2. The summed E-state index contributed by atoms with van der Waals surface area (Å²) in [5.41, 5.74) is 4.10. The largest absolute Gasteiger partial charge is 0.450 e. The van der Waals surface area contributed by atoms with E-state index in [9.17, 15) is 14.4 Å². The van der Waals surface area contributed by atoms with Gasteiger partial charge in [0, 0.05) is 22.2 Å². The maximum absolute atomic E-state index is 13.9. The molecular weight excluding hydrogens is 619 g/mol. The lowest BCUT2D eigenvalue weighted by Gasteiger charge is -2.28. The van der Waals surface area contributed by atoms with Crippen LogP contribution in [0.2, 0.25) is 0 Å². The van der Waals surface area contributed by atoms with E-state index >= 15 is 0 Å². The molecule has 0 fully saturated rings. The normalized spacial score (nSPS) is 12.9. The first-order chi connectivity index (χ1) is 22.2. The molecule has 2 aromatic carbocycles. The minimum absolute atomic E-state index is 0.0666. The van der Waals surface area contributed by atoms with Gasteiger partial charge in [-0.05, 0) is 85.2 Å². The fourth-order valence-electron chi connectivity index (χ4n) is 5.65. The van der Waals surface area contributed by atoms with Crippen molar-refractivity contribution in [3.05, 3.63) is 104 Å². The predicted octanol–water partition coefficient (Wildman–Crippen LogP) is 7.94. The molecule has 10 heteroatoms. The molecule has 3 amide bonds. The van der Waals surface area contributed by atoms with Gasteiger partial charge in [0.05, 0.1) is 19.7 Å². The van der Waals surface area contributed by atoms with E-state index in [0.29, 0.717) is 38.9 Å². The van der Waals surface area contributed by atoms with E-state index in [-0.39, 0.29) is 18.4 Å². The first-order valence-electron chi connectivity index (χ1n) is 15.6. The highest BCUT2D eigenvalue weighted by Crippen LogP contribution is 2.44. The number of ether oxygens (including phenoxy) is 2. The summed E-state index contributed by atoms with van der Waals surface area (Å²) in [6, 6.07) is 23.7. The molecule has 2 N–H and O–H groups in total. The molecule has 2 aromatic heterocycles. The fourth-order valence-corrected chi connectivity index (χ4v) is 7.09. The van der Waals surface area contributed by atoms with Crippen molar-refractivity contribution in [1.29, 1.82) is 0 Å². The Labute approximate surface area is 278 Å². The van der Waals surface area contributed by atoms with Crippen molar-refractivity contribution in [3.8, 4) is 11.1 Å². The molecule has 46 heavy (non-hydrogen) atoms. The lowest BCUT2D eigenvalue weighted by atomic mass is 9.97. The minimum Gasteiger partial charge on any atom is -0.450 e. The molecule has 242 valence electrons. The van der Waals surface area contributed by atoms with Gasteiger partial charge < -0.3 is 25.0 Å². The lowest BCUT2D eigenvalue weighted by molar-refractivity contribution is -0.135. The van der Waals surface area contributed by atoms with Crippen LogP contribution in [0.15, 0.2) is 83.6 Å². The number of nitrogens with zero attached hydrogens (tertiary/aromatic N) is 1. The number of hydrogen-bond donors (Lipinski definition) is 2. The summed E-state index contributed by atoms with van der Waals surface area (Å²) in [7, 11) is 0. The van der Waals surface area contributed by atoms with Crippen LogP contribution in [0.3, 0.4) is 0 Å². The van der Waals surface area contributed by atoms with Crippen molar-refractivity contribution in [2.24, 2.45) is 0 Å². The van der Waals surface area contributed by atoms with Crippen LogP contribution in [0.25, 0.3) is 11.1 Å². The molecule has 5 rings (SSSR count). The van der Waals surface area contributed by atoms with E-state index in [2.05, 4.69) is 34.9 Å². The van der Waals surface area contributed by atoms with Crippen LogP contribution in [-0.2, 0) is 27.4 Å². The summed E-state index contributed by atoms with van der Waals surface area (Å²) < 4.78 is 11.0. The number of carbonyl (C=O) groups is 3. The molecule has 1 aliphatic carbocycles. The summed E-state index contributed by atoms with van der Waals surface area (Å²) in [6.07, 6.45) is 0.375. The van der Waals surface area contributed by atoms with Crippen LogP contribution >= 0.6 is 22.7 Å². The molecule has 0 spiro atoms. The van der Waals surface area contributed by atoms with Crippen LogP contribution in [-0.4, -0.2) is 47.8 Å². The molecule has 1 unspecified atom stereocenters. The third-order valence-corrected chi connectivity index (χ3v) is 9.41. The van der Waals surface area contributed by atoms with E-state index in [0.717, 1.165) is 9.75 Å². The number of nitrogens with one attached hydrogen (secondary N) is 2. The summed E-state index contributed by atoms with van der Waals surface area (Å²) in [6.45, 7) is 6.89. The second-order valence-corrected chi connectivity index (χ2v) is 14.4.